The minimum Gasteiger partial charge on any atom is -0.492 e. The molecule has 1 rings (SSSR count). The standard InChI is InChI=1S/C18H29OS/c1-5-7-9-13-18(3,4)15-11-10-12-16(20)17(15)19-14-8-6-2/h10-12H,5-9,13-14H2,1-4H3. The molecule has 0 atom stereocenters. The molecule has 0 bridgehead atoms. The van der Waals surface area contributed by atoms with Crippen molar-refractivity contribution in [3.05, 3.63) is 23.8 Å². The van der Waals surface area contributed by atoms with Crippen LogP contribution in [0.4, 0.5) is 0 Å². The van der Waals surface area contributed by atoms with Crippen molar-refractivity contribution in [2.24, 2.45) is 0 Å². The first-order valence-corrected chi connectivity index (χ1v) is 8.37. The number of benzene rings is 1. The Morgan fingerprint density at radius 3 is 2.40 bits per heavy atom. The summed E-state index contributed by atoms with van der Waals surface area (Å²) in [6, 6.07) is 6.22. The Morgan fingerprint density at radius 2 is 1.75 bits per heavy atom. The van der Waals surface area contributed by atoms with Crippen LogP contribution in [0.25, 0.3) is 0 Å². The normalized spacial score (nSPS) is 11.6. The van der Waals surface area contributed by atoms with Crippen molar-refractivity contribution in [3.8, 4) is 5.75 Å². The van der Waals surface area contributed by atoms with Gasteiger partial charge >= 0.3 is 0 Å². The van der Waals surface area contributed by atoms with Gasteiger partial charge in [0.15, 0.2) is 0 Å². The molecule has 1 nitrogen and oxygen atoms in total. The van der Waals surface area contributed by atoms with Gasteiger partial charge in [-0.15, -0.1) is 0 Å². The average Bonchev–Trinajstić information content (AvgIpc) is 2.41. The molecule has 1 aromatic carbocycles. The highest BCUT2D eigenvalue weighted by Crippen LogP contribution is 2.39. The van der Waals surface area contributed by atoms with Crippen molar-refractivity contribution < 1.29 is 4.74 Å². The second kappa shape index (κ2) is 8.51. The minimum absolute atomic E-state index is 0.130. The maximum atomic E-state index is 6.00. The van der Waals surface area contributed by atoms with Crippen LogP contribution in [-0.2, 0) is 5.41 Å². The lowest BCUT2D eigenvalue weighted by Crippen LogP contribution is -2.19. The minimum atomic E-state index is 0.130. The predicted molar refractivity (Wildman–Crippen MR) is 89.9 cm³/mol. The van der Waals surface area contributed by atoms with Crippen LogP contribution in [0.15, 0.2) is 23.1 Å². The predicted octanol–water partition coefficient (Wildman–Crippen LogP) is 6.28. The zero-order valence-electron chi connectivity index (χ0n) is 13.5. The highest BCUT2D eigenvalue weighted by Gasteiger charge is 2.25. The molecule has 2 heteroatoms. The van der Waals surface area contributed by atoms with E-state index in [4.69, 9.17) is 17.4 Å². The highest BCUT2D eigenvalue weighted by atomic mass is 32.1. The highest BCUT2D eigenvalue weighted by molar-refractivity contribution is 7.80. The summed E-state index contributed by atoms with van der Waals surface area (Å²) in [5.41, 5.74) is 1.41. The lowest BCUT2D eigenvalue weighted by atomic mass is 9.79. The molecule has 0 aliphatic rings. The molecule has 0 saturated heterocycles. The average molecular weight is 293 g/mol. The van der Waals surface area contributed by atoms with Gasteiger partial charge in [0.05, 0.1) is 11.5 Å². The summed E-state index contributed by atoms with van der Waals surface area (Å²) in [4.78, 5) is 0.849. The fourth-order valence-electron chi connectivity index (χ4n) is 2.47. The van der Waals surface area contributed by atoms with Crippen molar-refractivity contribution in [2.45, 2.75) is 76.5 Å². The molecule has 0 aromatic heterocycles. The third kappa shape index (κ3) is 4.97. The number of hydrogen-bond donors (Lipinski definition) is 0. The summed E-state index contributed by atoms with van der Waals surface area (Å²) < 4.78 is 6.00. The first kappa shape index (κ1) is 17.3. The molecule has 0 spiro atoms. The van der Waals surface area contributed by atoms with Crippen LogP contribution in [0.2, 0.25) is 0 Å². The molecule has 113 valence electrons. The van der Waals surface area contributed by atoms with Gasteiger partial charge in [0.2, 0.25) is 0 Å². The maximum absolute atomic E-state index is 6.00. The van der Waals surface area contributed by atoms with Gasteiger partial charge in [-0.05, 0) is 24.3 Å². The lowest BCUT2D eigenvalue weighted by Gasteiger charge is -2.28. The van der Waals surface area contributed by atoms with Gasteiger partial charge in [-0.25, -0.2) is 0 Å². The van der Waals surface area contributed by atoms with E-state index in [9.17, 15) is 0 Å². The van der Waals surface area contributed by atoms with Gasteiger partial charge in [0.1, 0.15) is 5.75 Å². The number of hydrogen-bond acceptors (Lipinski definition) is 1. The van der Waals surface area contributed by atoms with Crippen LogP contribution in [0, 0.1) is 0 Å². The SMILES string of the molecule is CCCCCC(C)(C)c1cccc([S])c1OCCCC. The maximum Gasteiger partial charge on any atom is 0.141 e. The van der Waals surface area contributed by atoms with E-state index in [1.807, 2.05) is 6.07 Å². The van der Waals surface area contributed by atoms with Crippen LogP contribution in [-0.4, -0.2) is 6.61 Å². The Bertz CT molecular complexity index is 398. The molecule has 1 aromatic rings. The summed E-state index contributed by atoms with van der Waals surface area (Å²) in [5, 5.41) is 0. The first-order chi connectivity index (χ1) is 9.53. The summed E-state index contributed by atoms with van der Waals surface area (Å²) >= 11 is 5.47. The topological polar surface area (TPSA) is 9.23 Å². The van der Waals surface area contributed by atoms with Crippen LogP contribution in [0.3, 0.4) is 0 Å². The van der Waals surface area contributed by atoms with Crippen LogP contribution >= 0.6 is 12.6 Å². The van der Waals surface area contributed by atoms with Crippen molar-refractivity contribution in [2.75, 3.05) is 6.61 Å². The summed E-state index contributed by atoms with van der Waals surface area (Å²) in [6.07, 6.45) is 7.23. The monoisotopic (exact) mass is 293 g/mol. The Labute approximate surface area is 130 Å². The lowest BCUT2D eigenvalue weighted by molar-refractivity contribution is 0.290. The molecule has 1 radical (unpaired) electrons. The van der Waals surface area contributed by atoms with E-state index in [-0.39, 0.29) is 5.41 Å². The van der Waals surface area contributed by atoms with E-state index in [1.165, 1.54) is 31.2 Å². The van der Waals surface area contributed by atoms with Crippen LogP contribution in [0.1, 0.15) is 71.8 Å². The van der Waals surface area contributed by atoms with E-state index < -0.39 is 0 Å². The Hall–Kier alpha value is -0.760. The van der Waals surface area contributed by atoms with E-state index in [1.54, 1.807) is 0 Å². The van der Waals surface area contributed by atoms with Gasteiger partial charge in [-0.3, -0.25) is 0 Å². The number of para-hydroxylation sites is 1. The van der Waals surface area contributed by atoms with Gasteiger partial charge in [0.25, 0.3) is 0 Å². The second-order valence-corrected chi connectivity index (χ2v) is 6.62. The molecule has 0 fully saturated rings. The summed E-state index contributed by atoms with van der Waals surface area (Å²) in [6.45, 7) is 9.80. The van der Waals surface area contributed by atoms with Gasteiger partial charge in [-0.1, -0.05) is 78.1 Å². The van der Waals surface area contributed by atoms with Crippen LogP contribution < -0.4 is 4.74 Å². The third-order valence-electron chi connectivity index (χ3n) is 3.86. The summed E-state index contributed by atoms with van der Waals surface area (Å²) in [7, 11) is 0. The molecular weight excluding hydrogens is 264 g/mol. The van der Waals surface area contributed by atoms with Crippen molar-refractivity contribution in [1.82, 2.24) is 0 Å². The molecule has 0 N–H and O–H groups in total. The van der Waals surface area contributed by atoms with Crippen molar-refractivity contribution in [3.63, 3.8) is 0 Å². The zero-order valence-corrected chi connectivity index (χ0v) is 14.3. The van der Waals surface area contributed by atoms with Crippen molar-refractivity contribution >= 4 is 12.6 Å². The van der Waals surface area contributed by atoms with E-state index in [2.05, 4.69) is 39.8 Å². The van der Waals surface area contributed by atoms with Gasteiger partial charge in [0, 0.05) is 5.56 Å². The number of ether oxygens (including phenoxy) is 1. The van der Waals surface area contributed by atoms with Crippen molar-refractivity contribution in [1.29, 1.82) is 0 Å². The zero-order chi connectivity index (χ0) is 15.0. The first-order valence-electron chi connectivity index (χ1n) is 7.96. The Kier molecular flexibility index (Phi) is 7.36. The van der Waals surface area contributed by atoms with E-state index in [0.29, 0.717) is 0 Å². The molecule has 0 heterocycles. The Morgan fingerprint density at radius 1 is 1.05 bits per heavy atom. The molecular formula is C18H29OS. The van der Waals surface area contributed by atoms with Gasteiger partial charge in [-0.2, -0.15) is 0 Å². The van der Waals surface area contributed by atoms with E-state index in [0.717, 1.165) is 30.1 Å². The molecule has 0 aliphatic carbocycles. The third-order valence-corrected chi connectivity index (χ3v) is 4.18. The smallest absolute Gasteiger partial charge is 0.141 e. The second-order valence-electron chi connectivity index (χ2n) is 6.18. The van der Waals surface area contributed by atoms with Crippen LogP contribution in [0.5, 0.6) is 5.75 Å². The van der Waals surface area contributed by atoms with Gasteiger partial charge < -0.3 is 4.74 Å². The van der Waals surface area contributed by atoms with E-state index >= 15 is 0 Å². The summed E-state index contributed by atoms with van der Waals surface area (Å²) in [5.74, 6) is 0.942. The molecule has 0 amide bonds. The molecule has 0 saturated carbocycles. The molecule has 20 heavy (non-hydrogen) atoms. The molecule has 0 aliphatic heterocycles. The fourth-order valence-corrected chi connectivity index (χ4v) is 2.72. The molecule has 0 unspecified atom stereocenters. The number of unbranched alkanes of at least 4 members (excludes halogenated alkanes) is 3. The largest absolute Gasteiger partial charge is 0.492 e. The fraction of sp³-hybridized carbons (Fsp3) is 0.667. The Balaban J connectivity index is 2.88. The number of rotatable bonds is 9. The quantitative estimate of drug-likeness (QED) is 0.487.